The maximum atomic E-state index is 4.67. The summed E-state index contributed by atoms with van der Waals surface area (Å²) in [5, 5.41) is 3.35. The summed E-state index contributed by atoms with van der Waals surface area (Å²) < 4.78 is 0. The van der Waals surface area contributed by atoms with Crippen molar-refractivity contribution in [2.45, 2.75) is 51.6 Å². The van der Waals surface area contributed by atoms with Crippen molar-refractivity contribution in [3.8, 4) is 0 Å². The predicted molar refractivity (Wildman–Crippen MR) is 76.7 cm³/mol. The molecule has 0 bridgehead atoms. The van der Waals surface area contributed by atoms with Gasteiger partial charge in [0, 0.05) is 19.1 Å². The molecule has 1 fully saturated rings. The molecule has 0 unspecified atom stereocenters. The van der Waals surface area contributed by atoms with Gasteiger partial charge in [-0.1, -0.05) is 25.8 Å². The van der Waals surface area contributed by atoms with Crippen LogP contribution in [-0.2, 0) is 6.54 Å². The van der Waals surface area contributed by atoms with Gasteiger partial charge in [-0.05, 0) is 38.4 Å². The van der Waals surface area contributed by atoms with Gasteiger partial charge in [0.05, 0.1) is 5.69 Å². The van der Waals surface area contributed by atoms with Crippen LogP contribution in [0.3, 0.4) is 0 Å². The zero-order chi connectivity index (χ0) is 12.8. The number of pyridine rings is 1. The first-order chi connectivity index (χ1) is 8.79. The molecule has 0 amide bonds. The largest absolute Gasteiger partial charge is 0.370 e. The third-order valence-corrected chi connectivity index (χ3v) is 3.72. The highest BCUT2D eigenvalue weighted by Crippen LogP contribution is 2.23. The molecule has 3 nitrogen and oxygen atoms in total. The van der Waals surface area contributed by atoms with Crippen molar-refractivity contribution in [3.63, 3.8) is 0 Å². The fourth-order valence-corrected chi connectivity index (χ4v) is 2.65. The van der Waals surface area contributed by atoms with Gasteiger partial charge in [0.1, 0.15) is 5.82 Å². The third-order valence-electron chi connectivity index (χ3n) is 3.72. The van der Waals surface area contributed by atoms with Gasteiger partial charge in [-0.3, -0.25) is 4.90 Å². The van der Waals surface area contributed by atoms with E-state index in [9.17, 15) is 0 Å². The van der Waals surface area contributed by atoms with E-state index < -0.39 is 0 Å². The second kappa shape index (κ2) is 6.74. The van der Waals surface area contributed by atoms with E-state index in [1.807, 2.05) is 0 Å². The van der Waals surface area contributed by atoms with E-state index in [0.29, 0.717) is 0 Å². The number of aromatic nitrogens is 1. The summed E-state index contributed by atoms with van der Waals surface area (Å²) in [5.74, 6) is 1.01. The van der Waals surface area contributed by atoms with Crippen molar-refractivity contribution >= 4 is 5.82 Å². The van der Waals surface area contributed by atoms with Crippen molar-refractivity contribution < 1.29 is 0 Å². The molecule has 1 aromatic rings. The first-order valence-corrected chi connectivity index (χ1v) is 7.19. The second-order valence-corrected chi connectivity index (χ2v) is 5.29. The summed E-state index contributed by atoms with van der Waals surface area (Å²) in [6, 6.07) is 7.04. The minimum atomic E-state index is 0.763. The first-order valence-electron chi connectivity index (χ1n) is 7.19. The summed E-state index contributed by atoms with van der Waals surface area (Å²) >= 11 is 0. The van der Waals surface area contributed by atoms with Crippen LogP contribution < -0.4 is 5.32 Å². The van der Waals surface area contributed by atoms with E-state index in [-0.39, 0.29) is 0 Å². The van der Waals surface area contributed by atoms with Crippen LogP contribution in [-0.4, -0.2) is 29.5 Å². The number of hydrogen-bond donors (Lipinski definition) is 1. The first kappa shape index (κ1) is 13.3. The molecule has 1 aromatic heterocycles. The maximum absolute atomic E-state index is 4.67. The summed E-state index contributed by atoms with van der Waals surface area (Å²) in [5.41, 5.74) is 1.17. The standard InChI is InChI=1S/C15H25N3/c1-3-11-16-15-10-6-7-13(17-15)12-18(2)14-8-4-5-9-14/h6-7,10,14H,3-5,8-9,11-12H2,1-2H3,(H,16,17). The van der Waals surface area contributed by atoms with Gasteiger partial charge >= 0.3 is 0 Å². The molecule has 0 spiro atoms. The Kier molecular flexibility index (Phi) is 5.00. The molecule has 0 aliphatic heterocycles. The molecule has 1 N–H and O–H groups in total. The molecule has 100 valence electrons. The van der Waals surface area contributed by atoms with Crippen LogP contribution in [0.5, 0.6) is 0 Å². The van der Waals surface area contributed by atoms with E-state index in [4.69, 9.17) is 0 Å². The normalized spacial score (nSPS) is 16.4. The minimum Gasteiger partial charge on any atom is -0.370 e. The SMILES string of the molecule is CCCNc1cccc(CN(C)C2CCCC2)n1. The van der Waals surface area contributed by atoms with E-state index in [1.165, 1.54) is 31.4 Å². The van der Waals surface area contributed by atoms with E-state index in [2.05, 4.69) is 47.4 Å². The molecule has 1 aliphatic carbocycles. The Balaban J connectivity index is 1.91. The average molecular weight is 247 g/mol. The zero-order valence-corrected chi connectivity index (χ0v) is 11.7. The molecule has 3 heteroatoms. The molecular formula is C15H25N3. The summed E-state index contributed by atoms with van der Waals surface area (Å²) in [6.45, 7) is 4.13. The molecule has 1 saturated carbocycles. The fourth-order valence-electron chi connectivity index (χ4n) is 2.65. The Labute approximate surface area is 111 Å². The molecule has 1 heterocycles. The number of hydrogen-bond acceptors (Lipinski definition) is 3. The fraction of sp³-hybridized carbons (Fsp3) is 0.667. The van der Waals surface area contributed by atoms with Crippen molar-refractivity contribution in [3.05, 3.63) is 23.9 Å². The van der Waals surface area contributed by atoms with Gasteiger partial charge in [0.15, 0.2) is 0 Å². The second-order valence-electron chi connectivity index (χ2n) is 5.29. The number of rotatable bonds is 6. The molecule has 0 atom stereocenters. The number of nitrogens with zero attached hydrogens (tertiary/aromatic N) is 2. The highest BCUT2D eigenvalue weighted by Gasteiger charge is 2.19. The Morgan fingerprint density at radius 2 is 2.11 bits per heavy atom. The van der Waals surface area contributed by atoms with Crippen LogP contribution in [0.2, 0.25) is 0 Å². The number of anilines is 1. The smallest absolute Gasteiger partial charge is 0.126 e. The van der Waals surface area contributed by atoms with Gasteiger partial charge in [-0.25, -0.2) is 4.98 Å². The van der Waals surface area contributed by atoms with Crippen molar-refractivity contribution in [1.82, 2.24) is 9.88 Å². The van der Waals surface area contributed by atoms with Crippen molar-refractivity contribution in [2.75, 3.05) is 18.9 Å². The average Bonchev–Trinajstić information content (AvgIpc) is 2.91. The van der Waals surface area contributed by atoms with Crippen LogP contribution in [0.25, 0.3) is 0 Å². The van der Waals surface area contributed by atoms with Crippen LogP contribution in [0.15, 0.2) is 18.2 Å². The van der Waals surface area contributed by atoms with Gasteiger partial charge in [-0.2, -0.15) is 0 Å². The van der Waals surface area contributed by atoms with E-state index in [1.54, 1.807) is 0 Å². The van der Waals surface area contributed by atoms with Crippen LogP contribution in [0.4, 0.5) is 5.82 Å². The molecule has 0 saturated heterocycles. The van der Waals surface area contributed by atoms with Crippen LogP contribution in [0.1, 0.15) is 44.7 Å². The van der Waals surface area contributed by atoms with Crippen LogP contribution in [0, 0.1) is 0 Å². The van der Waals surface area contributed by atoms with Crippen molar-refractivity contribution in [2.24, 2.45) is 0 Å². The lowest BCUT2D eigenvalue weighted by Crippen LogP contribution is -2.28. The van der Waals surface area contributed by atoms with Gasteiger partial charge in [0.2, 0.25) is 0 Å². The molecule has 18 heavy (non-hydrogen) atoms. The third kappa shape index (κ3) is 3.70. The predicted octanol–water partition coefficient (Wildman–Crippen LogP) is 3.28. The Hall–Kier alpha value is -1.09. The lowest BCUT2D eigenvalue weighted by atomic mass is 10.2. The topological polar surface area (TPSA) is 28.2 Å². The zero-order valence-electron chi connectivity index (χ0n) is 11.7. The highest BCUT2D eigenvalue weighted by atomic mass is 15.1. The quantitative estimate of drug-likeness (QED) is 0.836. The highest BCUT2D eigenvalue weighted by molar-refractivity contribution is 5.35. The van der Waals surface area contributed by atoms with Crippen LogP contribution >= 0.6 is 0 Å². The molecule has 0 radical (unpaired) electrons. The van der Waals surface area contributed by atoms with Crippen molar-refractivity contribution in [1.29, 1.82) is 0 Å². The molecular weight excluding hydrogens is 222 g/mol. The van der Waals surface area contributed by atoms with Gasteiger partial charge < -0.3 is 5.32 Å². The summed E-state index contributed by atoms with van der Waals surface area (Å²) in [7, 11) is 2.23. The Morgan fingerprint density at radius 1 is 1.33 bits per heavy atom. The summed E-state index contributed by atoms with van der Waals surface area (Å²) in [6.07, 6.45) is 6.61. The van der Waals surface area contributed by atoms with Gasteiger partial charge in [-0.15, -0.1) is 0 Å². The molecule has 1 aliphatic rings. The van der Waals surface area contributed by atoms with E-state index >= 15 is 0 Å². The van der Waals surface area contributed by atoms with Gasteiger partial charge in [0.25, 0.3) is 0 Å². The lowest BCUT2D eigenvalue weighted by Gasteiger charge is -2.23. The molecule has 2 rings (SSSR count). The number of nitrogens with one attached hydrogen (secondary N) is 1. The maximum Gasteiger partial charge on any atom is 0.126 e. The monoisotopic (exact) mass is 247 g/mol. The lowest BCUT2D eigenvalue weighted by molar-refractivity contribution is 0.235. The van der Waals surface area contributed by atoms with E-state index in [0.717, 1.165) is 31.4 Å². The molecule has 0 aromatic carbocycles. The summed E-state index contributed by atoms with van der Waals surface area (Å²) in [4.78, 5) is 7.13. The minimum absolute atomic E-state index is 0.763. The Morgan fingerprint density at radius 3 is 2.83 bits per heavy atom. The Bertz CT molecular complexity index is 359.